The van der Waals surface area contributed by atoms with E-state index in [9.17, 15) is 5.11 Å². The molecule has 1 saturated carbocycles. The largest absolute Gasteiger partial charge is 0.392 e. The molecule has 2 N–H and O–H groups in total. The zero-order valence-electron chi connectivity index (χ0n) is 12.8. The van der Waals surface area contributed by atoms with Crippen LogP contribution < -0.4 is 5.32 Å². The lowest BCUT2D eigenvalue weighted by molar-refractivity contribution is -0.0847. The van der Waals surface area contributed by atoms with Crippen LogP contribution in [0, 0.1) is 5.92 Å². The van der Waals surface area contributed by atoms with Gasteiger partial charge in [-0.2, -0.15) is 4.98 Å². The summed E-state index contributed by atoms with van der Waals surface area (Å²) in [5.41, 5.74) is -0.389. The van der Waals surface area contributed by atoms with Crippen molar-refractivity contribution in [2.45, 2.75) is 63.7 Å². The Morgan fingerprint density at radius 3 is 2.81 bits per heavy atom. The van der Waals surface area contributed by atoms with E-state index in [-0.39, 0.29) is 17.7 Å². The lowest BCUT2D eigenvalue weighted by Crippen LogP contribution is -2.35. The van der Waals surface area contributed by atoms with E-state index in [0.717, 1.165) is 31.6 Å². The maximum Gasteiger partial charge on any atom is 0.243 e. The molecule has 0 aromatic carbocycles. The lowest BCUT2D eigenvalue weighted by Gasteiger charge is -2.36. The van der Waals surface area contributed by atoms with E-state index in [1.807, 2.05) is 6.92 Å². The summed E-state index contributed by atoms with van der Waals surface area (Å²) in [7, 11) is 0. The number of aliphatic hydroxyl groups is 1. The van der Waals surface area contributed by atoms with Crippen molar-refractivity contribution < 1.29 is 14.4 Å². The summed E-state index contributed by atoms with van der Waals surface area (Å²) in [5, 5.41) is 17.0. The molecule has 1 aliphatic carbocycles. The molecule has 0 radical (unpaired) electrons. The van der Waals surface area contributed by atoms with Crippen molar-refractivity contribution >= 4 is 0 Å². The fourth-order valence-corrected chi connectivity index (χ4v) is 3.40. The average Bonchev–Trinajstić information content (AvgIpc) is 3.11. The first-order chi connectivity index (χ1) is 10.1. The van der Waals surface area contributed by atoms with Gasteiger partial charge >= 0.3 is 0 Å². The molecule has 0 bridgehead atoms. The number of ether oxygens (including phenoxy) is 1. The van der Waals surface area contributed by atoms with Crippen LogP contribution in [0.5, 0.6) is 0 Å². The normalized spacial score (nSPS) is 37.0. The van der Waals surface area contributed by atoms with Crippen molar-refractivity contribution in [1.29, 1.82) is 0 Å². The molecule has 0 amide bonds. The Hall–Kier alpha value is -0.980. The summed E-state index contributed by atoms with van der Waals surface area (Å²) in [6, 6.07) is -0.0394. The predicted octanol–water partition coefficient (Wildman–Crippen LogP) is 1.91. The van der Waals surface area contributed by atoms with Crippen LogP contribution in [0.25, 0.3) is 0 Å². The second-order valence-corrected chi connectivity index (χ2v) is 6.42. The van der Waals surface area contributed by atoms with Gasteiger partial charge in [0, 0.05) is 13.2 Å². The highest BCUT2D eigenvalue weighted by molar-refractivity contribution is 5.06. The second-order valence-electron chi connectivity index (χ2n) is 6.42. The quantitative estimate of drug-likeness (QED) is 0.883. The molecular formula is C15H25N3O3. The number of aromatic nitrogens is 2. The maximum absolute atomic E-state index is 9.60. The van der Waals surface area contributed by atoms with E-state index in [4.69, 9.17) is 9.26 Å². The first kappa shape index (κ1) is 14.9. The van der Waals surface area contributed by atoms with Crippen molar-refractivity contribution in [1.82, 2.24) is 15.5 Å². The van der Waals surface area contributed by atoms with E-state index >= 15 is 0 Å². The monoisotopic (exact) mass is 295 g/mol. The topological polar surface area (TPSA) is 80.4 Å². The Balaban J connectivity index is 1.79. The van der Waals surface area contributed by atoms with Gasteiger partial charge in [-0.3, -0.25) is 0 Å². The molecular weight excluding hydrogens is 270 g/mol. The molecule has 3 rings (SSSR count). The minimum atomic E-state index is -0.389. The van der Waals surface area contributed by atoms with E-state index in [2.05, 4.69) is 22.4 Å². The molecule has 2 heterocycles. The Morgan fingerprint density at radius 1 is 1.43 bits per heavy atom. The van der Waals surface area contributed by atoms with Crippen LogP contribution in [0.4, 0.5) is 0 Å². The molecule has 6 nitrogen and oxygen atoms in total. The van der Waals surface area contributed by atoms with Gasteiger partial charge in [0.1, 0.15) is 5.60 Å². The summed E-state index contributed by atoms with van der Waals surface area (Å²) >= 11 is 0. The van der Waals surface area contributed by atoms with Gasteiger partial charge in [-0.15, -0.1) is 0 Å². The standard InChI is InChI=1S/C15H25N3O3/c1-3-20-15(6-4-10(2)5-7-15)14-17-13(21-18-14)12-8-11(19)9-16-12/h10-12,16,19H,3-9H2,1-2H3/t10?,11?,12-,15?/m0/s1. The van der Waals surface area contributed by atoms with Crippen LogP contribution in [-0.2, 0) is 10.3 Å². The van der Waals surface area contributed by atoms with Crippen molar-refractivity contribution in [2.75, 3.05) is 13.2 Å². The molecule has 21 heavy (non-hydrogen) atoms. The van der Waals surface area contributed by atoms with Gasteiger partial charge in [-0.25, -0.2) is 0 Å². The smallest absolute Gasteiger partial charge is 0.243 e. The number of β-amino-alcohol motifs (C(OH)–C–C–N with tert-alkyl or cyclic N) is 1. The van der Waals surface area contributed by atoms with Crippen LogP contribution in [0.3, 0.4) is 0 Å². The molecule has 1 unspecified atom stereocenters. The molecule has 1 aromatic heterocycles. The molecule has 1 saturated heterocycles. The SMILES string of the molecule is CCOC1(c2noc([C@@H]3CC(O)CN3)n2)CCC(C)CC1. The van der Waals surface area contributed by atoms with Gasteiger partial charge in [0.15, 0.2) is 0 Å². The highest BCUT2D eigenvalue weighted by Gasteiger charge is 2.41. The second kappa shape index (κ2) is 6.02. The third kappa shape index (κ3) is 2.98. The number of nitrogens with zero attached hydrogens (tertiary/aromatic N) is 2. The minimum absolute atomic E-state index is 0.0394. The van der Waals surface area contributed by atoms with Gasteiger partial charge in [-0.05, 0) is 44.9 Å². The van der Waals surface area contributed by atoms with E-state index in [0.29, 0.717) is 31.3 Å². The summed E-state index contributed by atoms with van der Waals surface area (Å²) in [6.07, 6.45) is 4.44. The number of rotatable bonds is 4. The highest BCUT2D eigenvalue weighted by atomic mass is 16.5. The molecule has 2 aliphatic rings. The van der Waals surface area contributed by atoms with Crippen LogP contribution in [0.15, 0.2) is 4.52 Å². The number of aliphatic hydroxyl groups excluding tert-OH is 1. The lowest BCUT2D eigenvalue weighted by atomic mass is 9.79. The van der Waals surface area contributed by atoms with Crippen LogP contribution in [0.1, 0.15) is 63.7 Å². The van der Waals surface area contributed by atoms with E-state index in [1.165, 1.54) is 0 Å². The number of nitrogens with one attached hydrogen (secondary N) is 1. The molecule has 1 aliphatic heterocycles. The van der Waals surface area contributed by atoms with E-state index < -0.39 is 0 Å². The maximum atomic E-state index is 9.60. The third-order valence-electron chi connectivity index (χ3n) is 4.76. The minimum Gasteiger partial charge on any atom is -0.392 e. The fourth-order valence-electron chi connectivity index (χ4n) is 3.40. The van der Waals surface area contributed by atoms with Gasteiger partial charge in [-0.1, -0.05) is 12.1 Å². The van der Waals surface area contributed by atoms with Crippen molar-refractivity contribution in [3.05, 3.63) is 11.7 Å². The van der Waals surface area contributed by atoms with E-state index in [1.54, 1.807) is 0 Å². The average molecular weight is 295 g/mol. The van der Waals surface area contributed by atoms with Crippen LogP contribution >= 0.6 is 0 Å². The highest BCUT2D eigenvalue weighted by Crippen LogP contribution is 2.41. The molecule has 2 fully saturated rings. The Labute approximate surface area is 125 Å². The Kier molecular flexibility index (Phi) is 4.28. The van der Waals surface area contributed by atoms with Crippen molar-refractivity contribution in [3.8, 4) is 0 Å². The molecule has 2 atom stereocenters. The predicted molar refractivity (Wildman–Crippen MR) is 76.6 cm³/mol. The molecule has 0 spiro atoms. The first-order valence-electron chi connectivity index (χ1n) is 8.02. The third-order valence-corrected chi connectivity index (χ3v) is 4.76. The van der Waals surface area contributed by atoms with Crippen molar-refractivity contribution in [2.24, 2.45) is 5.92 Å². The van der Waals surface area contributed by atoms with Crippen LogP contribution in [0.2, 0.25) is 0 Å². The zero-order chi connectivity index (χ0) is 14.9. The fraction of sp³-hybridized carbons (Fsp3) is 0.867. The Bertz CT molecular complexity index is 468. The summed E-state index contributed by atoms with van der Waals surface area (Å²) in [4.78, 5) is 4.59. The first-order valence-corrected chi connectivity index (χ1v) is 8.02. The molecule has 6 heteroatoms. The van der Waals surface area contributed by atoms with Crippen LogP contribution in [-0.4, -0.2) is 34.5 Å². The summed E-state index contributed by atoms with van der Waals surface area (Å²) < 4.78 is 11.5. The summed E-state index contributed by atoms with van der Waals surface area (Å²) in [6.45, 7) is 5.52. The van der Waals surface area contributed by atoms with Gasteiger partial charge < -0.3 is 19.7 Å². The van der Waals surface area contributed by atoms with Crippen molar-refractivity contribution in [3.63, 3.8) is 0 Å². The van der Waals surface area contributed by atoms with Gasteiger partial charge in [0.25, 0.3) is 0 Å². The zero-order valence-corrected chi connectivity index (χ0v) is 12.8. The number of hydrogen-bond acceptors (Lipinski definition) is 6. The summed E-state index contributed by atoms with van der Waals surface area (Å²) in [5.74, 6) is 1.98. The number of hydrogen-bond donors (Lipinski definition) is 2. The van der Waals surface area contributed by atoms with Gasteiger partial charge in [0.2, 0.25) is 11.7 Å². The Morgan fingerprint density at radius 2 is 2.19 bits per heavy atom. The van der Waals surface area contributed by atoms with Gasteiger partial charge in [0.05, 0.1) is 12.1 Å². The molecule has 118 valence electrons. The molecule has 1 aromatic rings.